The molecule has 9 heteroatoms. The third-order valence-corrected chi connectivity index (χ3v) is 2.29. The van der Waals surface area contributed by atoms with Crippen molar-refractivity contribution in [2.75, 3.05) is 0 Å². The van der Waals surface area contributed by atoms with E-state index in [4.69, 9.17) is 16.7 Å². The van der Waals surface area contributed by atoms with Crippen LogP contribution in [-0.4, -0.2) is 16.1 Å². The molecular formula is C9H5ClF5NO2. The predicted molar refractivity (Wildman–Crippen MR) is 50.5 cm³/mol. The highest BCUT2D eigenvalue weighted by atomic mass is 35.5. The average molecular weight is 290 g/mol. The molecule has 0 unspecified atom stereocenters. The van der Waals surface area contributed by atoms with E-state index in [1.54, 1.807) is 0 Å². The molecule has 0 aliphatic rings. The van der Waals surface area contributed by atoms with Crippen LogP contribution in [0.15, 0.2) is 6.20 Å². The van der Waals surface area contributed by atoms with Gasteiger partial charge in [-0.1, -0.05) is 11.6 Å². The molecular weight excluding hydrogens is 285 g/mol. The maximum atomic E-state index is 12.7. The number of halogens is 6. The van der Waals surface area contributed by atoms with Crippen LogP contribution in [0, 0.1) is 0 Å². The third kappa shape index (κ3) is 3.06. The lowest BCUT2D eigenvalue weighted by Crippen LogP contribution is -2.17. The van der Waals surface area contributed by atoms with Gasteiger partial charge in [0, 0.05) is 6.20 Å². The van der Waals surface area contributed by atoms with E-state index in [1.165, 1.54) is 0 Å². The summed E-state index contributed by atoms with van der Waals surface area (Å²) in [5.74, 6) is -1.59. The molecule has 100 valence electrons. The van der Waals surface area contributed by atoms with E-state index in [2.05, 4.69) is 4.98 Å². The van der Waals surface area contributed by atoms with Crippen molar-refractivity contribution in [2.24, 2.45) is 0 Å². The zero-order valence-corrected chi connectivity index (χ0v) is 9.19. The van der Waals surface area contributed by atoms with Gasteiger partial charge in [0.15, 0.2) is 0 Å². The van der Waals surface area contributed by atoms with Crippen LogP contribution in [-0.2, 0) is 17.4 Å². The Balaban J connectivity index is 3.54. The first-order valence-corrected chi connectivity index (χ1v) is 4.76. The smallest absolute Gasteiger partial charge is 0.417 e. The molecule has 0 spiro atoms. The number of hydrogen-bond acceptors (Lipinski definition) is 2. The maximum absolute atomic E-state index is 12.7. The Labute approximate surface area is 102 Å². The lowest BCUT2D eigenvalue weighted by atomic mass is 10.0. The van der Waals surface area contributed by atoms with Gasteiger partial charge in [0.25, 0.3) is 6.43 Å². The highest BCUT2D eigenvalue weighted by molar-refractivity contribution is 6.30. The van der Waals surface area contributed by atoms with Crippen molar-refractivity contribution < 1.29 is 31.9 Å². The molecule has 1 rings (SSSR count). The minimum Gasteiger partial charge on any atom is -0.481 e. The number of carboxylic acid groups (broad SMARTS) is 1. The summed E-state index contributed by atoms with van der Waals surface area (Å²) in [6.07, 6.45) is -9.18. The quantitative estimate of drug-likeness (QED) is 0.686. The second kappa shape index (κ2) is 5.05. The highest BCUT2D eigenvalue weighted by Gasteiger charge is 2.40. The molecule has 1 aromatic rings. The van der Waals surface area contributed by atoms with Gasteiger partial charge in [0.05, 0.1) is 17.5 Å². The second-order valence-electron chi connectivity index (χ2n) is 3.23. The Morgan fingerprint density at radius 3 is 2.39 bits per heavy atom. The fraction of sp³-hybridized carbons (Fsp3) is 0.333. The Bertz CT molecular complexity index is 475. The number of alkyl halides is 5. The van der Waals surface area contributed by atoms with Crippen molar-refractivity contribution in [3.8, 4) is 0 Å². The molecule has 1 heterocycles. The van der Waals surface area contributed by atoms with E-state index in [-0.39, 0.29) is 0 Å². The molecule has 1 aromatic heterocycles. The Morgan fingerprint density at radius 2 is 2.00 bits per heavy atom. The normalized spacial score (nSPS) is 11.9. The van der Waals surface area contributed by atoms with Gasteiger partial charge < -0.3 is 5.11 Å². The molecule has 3 nitrogen and oxygen atoms in total. The van der Waals surface area contributed by atoms with Crippen molar-refractivity contribution in [3.63, 3.8) is 0 Å². The molecule has 18 heavy (non-hydrogen) atoms. The van der Waals surface area contributed by atoms with Crippen molar-refractivity contribution >= 4 is 17.6 Å². The summed E-state index contributed by atoms with van der Waals surface area (Å²) < 4.78 is 63.2. The lowest BCUT2D eigenvalue weighted by Gasteiger charge is -2.16. The minimum atomic E-state index is -5.14. The molecule has 0 saturated heterocycles. The number of rotatable bonds is 3. The molecule has 0 amide bonds. The number of pyridine rings is 1. The first-order valence-electron chi connectivity index (χ1n) is 4.39. The third-order valence-electron chi connectivity index (χ3n) is 1.99. The Morgan fingerprint density at radius 1 is 1.44 bits per heavy atom. The first-order chi connectivity index (χ1) is 8.14. The number of aliphatic carboxylic acids is 1. The second-order valence-corrected chi connectivity index (χ2v) is 3.59. The molecule has 0 bridgehead atoms. The minimum absolute atomic E-state index is 0.533. The van der Waals surface area contributed by atoms with Gasteiger partial charge in [0.1, 0.15) is 5.15 Å². The standard InChI is InChI=1S/C9H5ClF5NO2/c10-7-5(8(11)12)6(9(13,14)15)3(2-16-7)1-4(17)18/h2,8H,1H2,(H,17,18). The van der Waals surface area contributed by atoms with Crippen LogP contribution < -0.4 is 0 Å². The van der Waals surface area contributed by atoms with Crippen LogP contribution in [0.1, 0.15) is 23.1 Å². The highest BCUT2D eigenvalue weighted by Crippen LogP contribution is 2.41. The average Bonchev–Trinajstić information content (AvgIpc) is 2.17. The van der Waals surface area contributed by atoms with E-state index in [0.29, 0.717) is 6.20 Å². The summed E-state index contributed by atoms with van der Waals surface area (Å²) in [6.45, 7) is 0. The zero-order chi connectivity index (χ0) is 14.1. The molecule has 0 radical (unpaired) electrons. The van der Waals surface area contributed by atoms with E-state index >= 15 is 0 Å². The summed E-state index contributed by atoms with van der Waals surface area (Å²) >= 11 is 5.20. The van der Waals surface area contributed by atoms with Crippen LogP contribution in [0.4, 0.5) is 22.0 Å². The lowest BCUT2D eigenvalue weighted by molar-refractivity contribution is -0.141. The van der Waals surface area contributed by atoms with Gasteiger partial charge in [-0.3, -0.25) is 4.79 Å². The van der Waals surface area contributed by atoms with Crippen LogP contribution in [0.3, 0.4) is 0 Å². The van der Waals surface area contributed by atoms with Crippen LogP contribution >= 0.6 is 11.6 Å². The first kappa shape index (κ1) is 14.6. The number of hydrogen-bond donors (Lipinski definition) is 1. The van der Waals surface area contributed by atoms with E-state index in [0.717, 1.165) is 0 Å². The zero-order valence-electron chi connectivity index (χ0n) is 8.43. The largest absolute Gasteiger partial charge is 0.481 e. The van der Waals surface area contributed by atoms with Crippen molar-refractivity contribution in [1.29, 1.82) is 0 Å². The predicted octanol–water partition coefficient (Wildman–Crippen LogP) is 3.32. The molecule has 0 aliphatic carbocycles. The van der Waals surface area contributed by atoms with E-state index in [1.807, 2.05) is 0 Å². The van der Waals surface area contributed by atoms with Crippen LogP contribution in [0.2, 0.25) is 5.15 Å². The van der Waals surface area contributed by atoms with Gasteiger partial charge in [-0.05, 0) is 5.56 Å². The van der Waals surface area contributed by atoms with Gasteiger partial charge in [-0.15, -0.1) is 0 Å². The van der Waals surface area contributed by atoms with Gasteiger partial charge in [-0.2, -0.15) is 13.2 Å². The molecule has 0 atom stereocenters. The molecule has 1 N–H and O–H groups in total. The van der Waals surface area contributed by atoms with Crippen LogP contribution in [0.25, 0.3) is 0 Å². The summed E-state index contributed by atoms with van der Waals surface area (Å²) in [6, 6.07) is 0. The van der Waals surface area contributed by atoms with Crippen LogP contribution in [0.5, 0.6) is 0 Å². The summed E-state index contributed by atoms with van der Waals surface area (Å²) in [5.41, 5.74) is -4.09. The summed E-state index contributed by atoms with van der Waals surface area (Å²) in [5, 5.41) is 7.45. The van der Waals surface area contributed by atoms with Crippen molar-refractivity contribution in [3.05, 3.63) is 28.0 Å². The van der Waals surface area contributed by atoms with Gasteiger partial charge in [0.2, 0.25) is 0 Å². The topological polar surface area (TPSA) is 50.2 Å². The van der Waals surface area contributed by atoms with Crippen molar-refractivity contribution in [1.82, 2.24) is 4.98 Å². The summed E-state index contributed by atoms with van der Waals surface area (Å²) in [4.78, 5) is 13.5. The summed E-state index contributed by atoms with van der Waals surface area (Å²) in [7, 11) is 0. The number of carbonyl (C=O) groups is 1. The number of carboxylic acids is 1. The Kier molecular flexibility index (Phi) is 4.10. The maximum Gasteiger partial charge on any atom is 0.417 e. The number of aromatic nitrogens is 1. The number of nitrogens with zero attached hydrogens (tertiary/aromatic N) is 1. The van der Waals surface area contributed by atoms with Crippen molar-refractivity contribution in [2.45, 2.75) is 19.0 Å². The molecule has 0 fully saturated rings. The SMILES string of the molecule is O=C(O)Cc1cnc(Cl)c(C(F)F)c1C(F)(F)F. The molecule has 0 aliphatic heterocycles. The molecule has 0 saturated carbocycles. The van der Waals surface area contributed by atoms with E-state index in [9.17, 15) is 26.7 Å². The van der Waals surface area contributed by atoms with Gasteiger partial charge >= 0.3 is 12.1 Å². The van der Waals surface area contributed by atoms with E-state index < -0.39 is 46.8 Å². The monoisotopic (exact) mass is 289 g/mol. The van der Waals surface area contributed by atoms with Gasteiger partial charge in [-0.25, -0.2) is 13.8 Å². The Hall–Kier alpha value is -1.44. The molecule has 0 aromatic carbocycles. The fourth-order valence-corrected chi connectivity index (χ4v) is 1.60. The fourth-order valence-electron chi connectivity index (χ4n) is 1.38.